The van der Waals surface area contributed by atoms with Gasteiger partial charge in [0.2, 0.25) is 23.6 Å². The maximum atomic E-state index is 13.4. The van der Waals surface area contributed by atoms with Crippen LogP contribution in [0.25, 0.3) is 0 Å². The van der Waals surface area contributed by atoms with Gasteiger partial charge in [0.25, 0.3) is 0 Å². The Morgan fingerprint density at radius 3 is 2.97 bits per heavy atom. The van der Waals surface area contributed by atoms with Gasteiger partial charge >= 0.3 is 0 Å². The van der Waals surface area contributed by atoms with Crippen LogP contribution in [-0.2, 0) is 27.4 Å². The molecule has 0 radical (unpaired) electrons. The average molecular weight is 424 g/mol. The smallest absolute Gasteiger partial charge is 0.235 e. The predicted octanol–water partition coefficient (Wildman–Crippen LogP) is 1.33. The zero-order valence-corrected chi connectivity index (χ0v) is 17.6. The van der Waals surface area contributed by atoms with Crippen LogP contribution in [-0.4, -0.2) is 64.2 Å². The average Bonchev–Trinajstić information content (AvgIpc) is 3.50. The molecular formula is C22H24N4O5. The fourth-order valence-corrected chi connectivity index (χ4v) is 4.92. The maximum Gasteiger partial charge on any atom is 0.235 e. The molecule has 2 amide bonds. The molecule has 2 bridgehead atoms. The second-order valence-electron chi connectivity index (χ2n) is 8.35. The van der Waals surface area contributed by atoms with Gasteiger partial charge in [-0.25, -0.2) is 0 Å². The van der Waals surface area contributed by atoms with Crippen LogP contribution in [0.1, 0.15) is 17.3 Å². The van der Waals surface area contributed by atoms with Gasteiger partial charge in [0.15, 0.2) is 0 Å². The Morgan fingerprint density at radius 1 is 1.39 bits per heavy atom. The highest BCUT2D eigenvalue weighted by Crippen LogP contribution is 2.52. The largest absolute Gasteiger partial charge is 0.497 e. The molecule has 1 aromatic carbocycles. The first-order valence-corrected chi connectivity index (χ1v) is 10.2. The van der Waals surface area contributed by atoms with Crippen LogP contribution in [0, 0.1) is 18.8 Å². The van der Waals surface area contributed by atoms with Crippen molar-refractivity contribution in [3.05, 3.63) is 53.8 Å². The monoisotopic (exact) mass is 424 g/mol. The Morgan fingerprint density at radius 2 is 2.23 bits per heavy atom. The van der Waals surface area contributed by atoms with Crippen LogP contribution < -0.4 is 4.74 Å². The van der Waals surface area contributed by atoms with Gasteiger partial charge in [-0.05, 0) is 17.7 Å². The number of fused-ring (bicyclic) bond motifs is 1. The molecule has 2 saturated heterocycles. The number of aryl methyl sites for hydroxylation is 1. The van der Waals surface area contributed by atoms with Gasteiger partial charge in [0.05, 0.1) is 38.1 Å². The zero-order valence-electron chi connectivity index (χ0n) is 17.6. The van der Waals surface area contributed by atoms with Crippen molar-refractivity contribution in [2.45, 2.75) is 31.7 Å². The van der Waals surface area contributed by atoms with Crippen molar-refractivity contribution in [1.29, 1.82) is 0 Å². The summed E-state index contributed by atoms with van der Waals surface area (Å²) in [6.07, 6.45) is 3.47. The molecule has 9 nitrogen and oxygen atoms in total. The zero-order chi connectivity index (χ0) is 21.8. The van der Waals surface area contributed by atoms with Crippen LogP contribution >= 0.6 is 0 Å². The third-order valence-electron chi connectivity index (χ3n) is 6.29. The van der Waals surface area contributed by atoms with E-state index in [1.54, 1.807) is 26.0 Å². The first kappa shape index (κ1) is 19.7. The summed E-state index contributed by atoms with van der Waals surface area (Å²) in [6.45, 7) is 2.75. The Kier molecular flexibility index (Phi) is 4.58. The molecule has 0 aliphatic carbocycles. The van der Waals surface area contributed by atoms with Crippen molar-refractivity contribution < 1.29 is 23.5 Å². The van der Waals surface area contributed by atoms with Gasteiger partial charge in [-0.2, -0.15) is 0 Å². The van der Waals surface area contributed by atoms with E-state index < -0.39 is 23.5 Å². The molecule has 4 heterocycles. The second-order valence-corrected chi connectivity index (χ2v) is 8.35. The number of amides is 2. The van der Waals surface area contributed by atoms with Gasteiger partial charge in [0.1, 0.15) is 11.4 Å². The second kappa shape index (κ2) is 7.19. The number of methoxy groups -OCH3 is 1. The van der Waals surface area contributed by atoms with Crippen LogP contribution in [0.3, 0.4) is 0 Å². The van der Waals surface area contributed by atoms with E-state index in [1.807, 2.05) is 36.4 Å². The van der Waals surface area contributed by atoms with Crippen molar-refractivity contribution in [3.8, 4) is 5.75 Å². The molecule has 4 atom stereocenters. The van der Waals surface area contributed by atoms with Crippen LogP contribution in [0.15, 0.2) is 40.8 Å². The van der Waals surface area contributed by atoms with Gasteiger partial charge in [-0.3, -0.25) is 9.59 Å². The summed E-state index contributed by atoms with van der Waals surface area (Å²) in [4.78, 5) is 30.0. The summed E-state index contributed by atoms with van der Waals surface area (Å²) in [5.74, 6) is 0.226. The van der Waals surface area contributed by atoms with E-state index >= 15 is 0 Å². The summed E-state index contributed by atoms with van der Waals surface area (Å²) in [7, 11) is 3.29. The van der Waals surface area contributed by atoms with Crippen molar-refractivity contribution in [2.75, 3.05) is 20.7 Å². The van der Waals surface area contributed by atoms with E-state index in [2.05, 4.69) is 10.2 Å². The molecule has 1 aromatic heterocycles. The van der Waals surface area contributed by atoms with Crippen molar-refractivity contribution in [1.82, 2.24) is 20.0 Å². The lowest BCUT2D eigenvalue weighted by molar-refractivity contribution is -0.143. The summed E-state index contributed by atoms with van der Waals surface area (Å²) >= 11 is 0. The topological polar surface area (TPSA) is 98.0 Å². The number of nitrogens with zero attached hydrogens (tertiary/aromatic N) is 4. The molecule has 0 N–H and O–H groups in total. The molecule has 2 unspecified atom stereocenters. The lowest BCUT2D eigenvalue weighted by Crippen LogP contribution is -2.44. The lowest BCUT2D eigenvalue weighted by Gasteiger charge is -2.27. The molecule has 5 rings (SSSR count). The van der Waals surface area contributed by atoms with E-state index in [1.165, 1.54) is 4.90 Å². The third-order valence-corrected chi connectivity index (χ3v) is 6.29. The Hall–Kier alpha value is -3.20. The molecule has 3 aliphatic rings. The first-order chi connectivity index (χ1) is 14.9. The number of hydrogen-bond acceptors (Lipinski definition) is 7. The number of aromatic nitrogens is 2. The fraction of sp³-hybridized carbons (Fsp3) is 0.455. The SMILES string of the molecule is COc1cccc(CN2C[C@@]34C=C[C@@H](O3)C(C(=O)N(C)Cc3nnc(C)o3)C4C2=O)c1. The van der Waals surface area contributed by atoms with Crippen molar-refractivity contribution in [3.63, 3.8) is 0 Å². The normalized spacial score (nSPS) is 28.3. The fourth-order valence-electron chi connectivity index (χ4n) is 4.92. The highest BCUT2D eigenvalue weighted by Gasteiger charge is 2.67. The van der Waals surface area contributed by atoms with Crippen LogP contribution in [0.2, 0.25) is 0 Å². The van der Waals surface area contributed by atoms with Gasteiger partial charge in [0, 0.05) is 20.5 Å². The number of ether oxygens (including phenoxy) is 2. The summed E-state index contributed by atoms with van der Waals surface area (Å²) < 4.78 is 16.9. The standard InChI is InChI=1S/C22H24N4O5/c1-13-23-24-17(30-13)11-25(2)20(27)18-16-7-8-22(31-16)12-26(21(28)19(18)22)10-14-5-4-6-15(9-14)29-3/h4-9,16,18-19H,10-12H2,1-3H3/t16-,18?,19?,22-/m1/s1. The van der Waals surface area contributed by atoms with Crippen LogP contribution in [0.5, 0.6) is 5.75 Å². The minimum absolute atomic E-state index is 0.0601. The van der Waals surface area contributed by atoms with Gasteiger partial charge in [-0.15, -0.1) is 10.2 Å². The van der Waals surface area contributed by atoms with E-state index in [9.17, 15) is 9.59 Å². The highest BCUT2D eigenvalue weighted by molar-refractivity contribution is 5.93. The molecular weight excluding hydrogens is 400 g/mol. The molecule has 2 fully saturated rings. The Bertz CT molecular complexity index is 1070. The molecule has 162 valence electrons. The first-order valence-electron chi connectivity index (χ1n) is 10.2. The van der Waals surface area contributed by atoms with Crippen molar-refractivity contribution >= 4 is 11.8 Å². The summed E-state index contributed by atoms with van der Waals surface area (Å²) in [6, 6.07) is 7.64. The predicted molar refractivity (Wildman–Crippen MR) is 108 cm³/mol. The molecule has 0 saturated carbocycles. The minimum Gasteiger partial charge on any atom is -0.497 e. The highest BCUT2D eigenvalue weighted by atomic mass is 16.5. The van der Waals surface area contributed by atoms with E-state index in [0.29, 0.717) is 24.9 Å². The molecule has 2 aromatic rings. The molecule has 9 heteroatoms. The number of rotatable bonds is 6. The number of hydrogen-bond donors (Lipinski definition) is 0. The van der Waals surface area contributed by atoms with Crippen molar-refractivity contribution in [2.24, 2.45) is 11.8 Å². The molecule has 31 heavy (non-hydrogen) atoms. The third kappa shape index (κ3) is 3.20. The number of carbonyl (C=O) groups excluding carboxylic acids is 2. The van der Waals surface area contributed by atoms with Gasteiger partial charge < -0.3 is 23.7 Å². The molecule has 1 spiro atoms. The lowest BCUT2D eigenvalue weighted by atomic mass is 9.76. The minimum atomic E-state index is -0.747. The summed E-state index contributed by atoms with van der Waals surface area (Å²) in [5.41, 5.74) is 0.220. The van der Waals surface area contributed by atoms with Crippen LogP contribution in [0.4, 0.5) is 0 Å². The van der Waals surface area contributed by atoms with E-state index in [4.69, 9.17) is 13.9 Å². The molecule has 3 aliphatic heterocycles. The van der Waals surface area contributed by atoms with Gasteiger partial charge in [-0.1, -0.05) is 24.3 Å². The Labute approximate surface area is 179 Å². The van der Waals surface area contributed by atoms with E-state index in [-0.39, 0.29) is 18.4 Å². The Balaban J connectivity index is 1.35. The van der Waals surface area contributed by atoms with E-state index in [0.717, 1.165) is 11.3 Å². The summed E-state index contributed by atoms with van der Waals surface area (Å²) in [5, 5.41) is 7.76. The number of likely N-dealkylation sites (tertiary alicyclic amines) is 1. The number of carbonyl (C=O) groups is 2. The quantitative estimate of drug-likeness (QED) is 0.645. The maximum absolute atomic E-state index is 13.4. The number of benzene rings is 1.